The fourth-order valence-electron chi connectivity index (χ4n) is 3.30. The molecule has 1 aliphatic heterocycles. The van der Waals surface area contributed by atoms with Crippen molar-refractivity contribution in [3.63, 3.8) is 0 Å². The van der Waals surface area contributed by atoms with Crippen LogP contribution in [0.25, 0.3) is 0 Å². The number of nitrogens with zero attached hydrogens (tertiary/aromatic N) is 2. The fraction of sp³-hybridized carbons (Fsp3) is 0.636. The molecule has 1 aliphatic rings. The van der Waals surface area contributed by atoms with Crippen LogP contribution in [0.15, 0.2) is 24.3 Å². The van der Waals surface area contributed by atoms with E-state index in [4.69, 9.17) is 0 Å². The van der Waals surface area contributed by atoms with Crippen LogP contribution in [0.4, 0.5) is 0 Å². The number of hydrogen-bond donors (Lipinski definition) is 0. The number of carbonyl (C=O) groups excluding carboxylic acids is 2. The standard InChI is InChI=1S/C22H34N2O2/c1-17(2)15-20(25)23-11-6-12-24(14-13-23)21(26)16-18-7-9-19(10-8-18)22(3,4)5/h7-10,17H,6,11-16H2,1-5H3. The molecule has 0 aromatic heterocycles. The highest BCUT2D eigenvalue weighted by atomic mass is 16.2. The van der Waals surface area contributed by atoms with Gasteiger partial charge >= 0.3 is 0 Å². The van der Waals surface area contributed by atoms with Crippen molar-refractivity contribution in [3.05, 3.63) is 35.4 Å². The van der Waals surface area contributed by atoms with E-state index in [1.807, 2.05) is 9.80 Å². The molecule has 1 aromatic rings. The first-order valence-corrected chi connectivity index (χ1v) is 9.82. The third-order valence-electron chi connectivity index (χ3n) is 4.96. The van der Waals surface area contributed by atoms with Crippen molar-refractivity contribution in [1.82, 2.24) is 9.80 Å². The lowest BCUT2D eigenvalue weighted by Gasteiger charge is -2.23. The van der Waals surface area contributed by atoms with Crippen LogP contribution in [0.2, 0.25) is 0 Å². The molecular formula is C22H34N2O2. The molecule has 1 aromatic carbocycles. The van der Waals surface area contributed by atoms with Gasteiger partial charge in [0.15, 0.2) is 0 Å². The van der Waals surface area contributed by atoms with Gasteiger partial charge in [0.05, 0.1) is 6.42 Å². The molecule has 4 heteroatoms. The Balaban J connectivity index is 1.91. The maximum Gasteiger partial charge on any atom is 0.227 e. The van der Waals surface area contributed by atoms with Gasteiger partial charge in [0.25, 0.3) is 0 Å². The summed E-state index contributed by atoms with van der Waals surface area (Å²) in [6, 6.07) is 8.37. The molecule has 4 nitrogen and oxygen atoms in total. The number of rotatable bonds is 4. The van der Waals surface area contributed by atoms with E-state index in [9.17, 15) is 9.59 Å². The van der Waals surface area contributed by atoms with Gasteiger partial charge in [-0.15, -0.1) is 0 Å². The van der Waals surface area contributed by atoms with Gasteiger partial charge in [0.2, 0.25) is 11.8 Å². The molecule has 144 valence electrons. The van der Waals surface area contributed by atoms with Crippen molar-refractivity contribution in [3.8, 4) is 0 Å². The minimum atomic E-state index is 0.124. The van der Waals surface area contributed by atoms with Crippen LogP contribution in [0.3, 0.4) is 0 Å². The Bertz CT molecular complexity index is 614. The minimum absolute atomic E-state index is 0.124. The summed E-state index contributed by atoms with van der Waals surface area (Å²) < 4.78 is 0. The molecule has 1 heterocycles. The van der Waals surface area contributed by atoms with Crippen LogP contribution < -0.4 is 0 Å². The number of hydrogen-bond acceptors (Lipinski definition) is 2. The summed E-state index contributed by atoms with van der Waals surface area (Å²) in [5, 5.41) is 0. The minimum Gasteiger partial charge on any atom is -0.341 e. The summed E-state index contributed by atoms with van der Waals surface area (Å²) in [6.07, 6.45) is 1.89. The van der Waals surface area contributed by atoms with Crippen LogP contribution in [-0.2, 0) is 21.4 Å². The first-order valence-electron chi connectivity index (χ1n) is 9.82. The molecule has 0 aliphatic carbocycles. The molecule has 2 amide bonds. The molecule has 0 atom stereocenters. The van der Waals surface area contributed by atoms with Crippen molar-refractivity contribution in [2.45, 2.75) is 59.3 Å². The van der Waals surface area contributed by atoms with Gasteiger partial charge in [-0.25, -0.2) is 0 Å². The van der Waals surface area contributed by atoms with Gasteiger partial charge in [-0.2, -0.15) is 0 Å². The van der Waals surface area contributed by atoms with Gasteiger partial charge < -0.3 is 9.80 Å². The zero-order valence-corrected chi connectivity index (χ0v) is 17.0. The molecule has 1 saturated heterocycles. The predicted octanol–water partition coefficient (Wildman–Crippen LogP) is 3.63. The van der Waals surface area contributed by atoms with E-state index in [1.54, 1.807) is 0 Å². The lowest BCUT2D eigenvalue weighted by atomic mass is 9.86. The second-order valence-corrected chi connectivity index (χ2v) is 8.84. The van der Waals surface area contributed by atoms with Gasteiger partial charge in [-0.1, -0.05) is 58.9 Å². The van der Waals surface area contributed by atoms with Crippen molar-refractivity contribution in [2.75, 3.05) is 26.2 Å². The Labute approximate surface area is 158 Å². The molecule has 0 saturated carbocycles. The largest absolute Gasteiger partial charge is 0.341 e. The predicted molar refractivity (Wildman–Crippen MR) is 106 cm³/mol. The van der Waals surface area contributed by atoms with Crippen molar-refractivity contribution < 1.29 is 9.59 Å². The average molecular weight is 359 g/mol. The molecule has 0 spiro atoms. The van der Waals surface area contributed by atoms with Crippen LogP contribution in [0.1, 0.15) is 58.6 Å². The number of carbonyl (C=O) groups is 2. The number of benzene rings is 1. The molecular weight excluding hydrogens is 324 g/mol. The van der Waals surface area contributed by atoms with Crippen molar-refractivity contribution in [2.24, 2.45) is 5.92 Å². The highest BCUT2D eigenvalue weighted by Gasteiger charge is 2.22. The highest BCUT2D eigenvalue weighted by Crippen LogP contribution is 2.22. The zero-order chi connectivity index (χ0) is 19.3. The van der Waals surface area contributed by atoms with Crippen LogP contribution in [0, 0.1) is 5.92 Å². The lowest BCUT2D eigenvalue weighted by molar-refractivity contribution is -0.133. The monoisotopic (exact) mass is 358 g/mol. The third-order valence-corrected chi connectivity index (χ3v) is 4.96. The third kappa shape index (κ3) is 5.86. The van der Waals surface area contributed by atoms with Crippen LogP contribution in [-0.4, -0.2) is 47.8 Å². The van der Waals surface area contributed by atoms with Gasteiger partial charge in [-0.3, -0.25) is 9.59 Å². The summed E-state index contributed by atoms with van der Waals surface area (Å²) in [6.45, 7) is 13.5. The smallest absolute Gasteiger partial charge is 0.227 e. The molecule has 0 N–H and O–H groups in total. The van der Waals surface area contributed by atoms with E-state index in [1.165, 1.54) is 5.56 Å². The maximum atomic E-state index is 12.7. The lowest BCUT2D eigenvalue weighted by Crippen LogP contribution is -2.38. The van der Waals surface area contributed by atoms with Gasteiger partial charge in [-0.05, 0) is 28.9 Å². The summed E-state index contributed by atoms with van der Waals surface area (Å²) >= 11 is 0. The summed E-state index contributed by atoms with van der Waals surface area (Å²) in [5.41, 5.74) is 2.46. The molecule has 0 unspecified atom stereocenters. The topological polar surface area (TPSA) is 40.6 Å². The average Bonchev–Trinajstić information content (AvgIpc) is 2.80. The fourth-order valence-corrected chi connectivity index (χ4v) is 3.30. The van der Waals surface area contributed by atoms with Crippen molar-refractivity contribution in [1.29, 1.82) is 0 Å². The van der Waals surface area contributed by atoms with E-state index >= 15 is 0 Å². The Hall–Kier alpha value is -1.84. The van der Waals surface area contributed by atoms with E-state index in [2.05, 4.69) is 58.9 Å². The Morgan fingerprint density at radius 1 is 0.923 bits per heavy atom. The van der Waals surface area contributed by atoms with E-state index in [0.29, 0.717) is 31.8 Å². The molecule has 0 radical (unpaired) electrons. The highest BCUT2D eigenvalue weighted by molar-refractivity contribution is 5.79. The zero-order valence-electron chi connectivity index (χ0n) is 17.0. The number of amides is 2. The van der Waals surface area contributed by atoms with E-state index in [-0.39, 0.29) is 17.2 Å². The molecule has 1 fully saturated rings. The Morgan fingerprint density at radius 2 is 1.46 bits per heavy atom. The summed E-state index contributed by atoms with van der Waals surface area (Å²) in [4.78, 5) is 28.8. The van der Waals surface area contributed by atoms with E-state index < -0.39 is 0 Å². The Morgan fingerprint density at radius 3 is 1.96 bits per heavy atom. The summed E-state index contributed by atoms with van der Waals surface area (Å²) in [5.74, 6) is 0.748. The first kappa shape index (κ1) is 20.5. The first-order chi connectivity index (χ1) is 12.2. The SMILES string of the molecule is CC(C)CC(=O)N1CCCN(C(=O)Cc2ccc(C(C)(C)C)cc2)CC1. The second kappa shape index (κ2) is 8.70. The van der Waals surface area contributed by atoms with Crippen molar-refractivity contribution >= 4 is 11.8 Å². The van der Waals surface area contributed by atoms with Crippen LogP contribution >= 0.6 is 0 Å². The van der Waals surface area contributed by atoms with E-state index in [0.717, 1.165) is 25.1 Å². The van der Waals surface area contributed by atoms with Gasteiger partial charge in [0, 0.05) is 32.6 Å². The molecule has 2 rings (SSSR count). The Kier molecular flexibility index (Phi) is 6.85. The molecule has 0 bridgehead atoms. The quantitative estimate of drug-likeness (QED) is 0.824. The van der Waals surface area contributed by atoms with Crippen LogP contribution in [0.5, 0.6) is 0 Å². The normalized spacial score (nSPS) is 15.9. The van der Waals surface area contributed by atoms with Gasteiger partial charge in [0.1, 0.15) is 0 Å². The maximum absolute atomic E-state index is 12.7. The summed E-state index contributed by atoms with van der Waals surface area (Å²) in [7, 11) is 0. The molecule has 26 heavy (non-hydrogen) atoms. The second-order valence-electron chi connectivity index (χ2n) is 8.84.